The van der Waals surface area contributed by atoms with Crippen molar-refractivity contribution in [3.05, 3.63) is 11.7 Å². The predicted octanol–water partition coefficient (Wildman–Crippen LogP) is 3.54. The fraction of sp³-hybridized carbons (Fsp3) is 0.875. The average molecular weight is 293 g/mol. The zero-order chi connectivity index (χ0) is 14.5. The van der Waals surface area contributed by atoms with Gasteiger partial charge in [-0.3, -0.25) is 0 Å². The van der Waals surface area contributed by atoms with Gasteiger partial charge in [0.2, 0.25) is 11.7 Å². The van der Waals surface area contributed by atoms with E-state index in [2.05, 4.69) is 15.5 Å². The van der Waals surface area contributed by atoms with E-state index in [-0.39, 0.29) is 12.1 Å². The van der Waals surface area contributed by atoms with E-state index in [9.17, 15) is 0 Å². The van der Waals surface area contributed by atoms with E-state index in [4.69, 9.17) is 9.26 Å². The monoisotopic (exact) mass is 293 g/mol. The fourth-order valence-electron chi connectivity index (χ4n) is 3.60. The Labute approximate surface area is 126 Å². The molecule has 2 atom stereocenters. The first kappa shape index (κ1) is 15.0. The van der Waals surface area contributed by atoms with Gasteiger partial charge in [-0.15, -0.1) is 0 Å². The zero-order valence-electron chi connectivity index (χ0n) is 13.0. The maximum atomic E-state index is 5.96. The van der Waals surface area contributed by atoms with Crippen LogP contribution in [0.4, 0.5) is 0 Å². The third-order valence-electron chi connectivity index (χ3n) is 4.74. The first-order chi connectivity index (χ1) is 10.4. The smallest absolute Gasteiger partial charge is 0.243 e. The molecule has 2 fully saturated rings. The van der Waals surface area contributed by atoms with Crippen molar-refractivity contribution in [2.45, 2.75) is 70.4 Å². The summed E-state index contributed by atoms with van der Waals surface area (Å²) in [5.74, 6) is 2.04. The molecule has 1 aromatic rings. The molecule has 0 bridgehead atoms. The van der Waals surface area contributed by atoms with Crippen molar-refractivity contribution in [1.29, 1.82) is 0 Å². The topological polar surface area (TPSA) is 60.2 Å². The van der Waals surface area contributed by atoms with E-state index in [1.165, 1.54) is 44.9 Å². The highest BCUT2D eigenvalue weighted by atomic mass is 16.5. The molecule has 1 saturated carbocycles. The van der Waals surface area contributed by atoms with Crippen LogP contribution in [0.3, 0.4) is 0 Å². The Hall–Kier alpha value is -0.940. The van der Waals surface area contributed by atoms with Gasteiger partial charge in [-0.1, -0.05) is 30.8 Å². The van der Waals surface area contributed by atoms with Gasteiger partial charge in [0.1, 0.15) is 6.10 Å². The number of ether oxygens (including phenoxy) is 1. The second kappa shape index (κ2) is 7.36. The summed E-state index contributed by atoms with van der Waals surface area (Å²) in [5.41, 5.74) is 0. The number of rotatable bonds is 5. The normalized spacial score (nSPS) is 25.9. The molecule has 1 unspecified atom stereocenters. The standard InChI is InChI=1S/C16H27N3O2/c1-2-20-14(12-8-4-3-5-9-12)15-18-16(21-19-15)13-10-6-7-11-17-13/h12-14,17H,2-11H2,1H3/t13-,14?/m1/s1. The predicted molar refractivity (Wildman–Crippen MR) is 79.8 cm³/mol. The van der Waals surface area contributed by atoms with Gasteiger partial charge in [0.25, 0.3) is 0 Å². The van der Waals surface area contributed by atoms with E-state index < -0.39 is 0 Å². The summed E-state index contributed by atoms with van der Waals surface area (Å²) in [6, 6.07) is 0.230. The molecule has 0 amide bonds. The second-order valence-electron chi connectivity index (χ2n) is 6.27. The number of nitrogens with one attached hydrogen (secondary N) is 1. The van der Waals surface area contributed by atoms with Crippen LogP contribution in [-0.4, -0.2) is 23.3 Å². The van der Waals surface area contributed by atoms with Crippen LogP contribution in [0.1, 0.15) is 82.2 Å². The van der Waals surface area contributed by atoms with Crippen LogP contribution in [-0.2, 0) is 4.74 Å². The Bertz CT molecular complexity index is 423. The Morgan fingerprint density at radius 2 is 2.00 bits per heavy atom. The van der Waals surface area contributed by atoms with Crippen LogP contribution in [0.5, 0.6) is 0 Å². The largest absolute Gasteiger partial charge is 0.370 e. The Morgan fingerprint density at radius 1 is 1.19 bits per heavy atom. The van der Waals surface area contributed by atoms with Crippen molar-refractivity contribution in [3.8, 4) is 0 Å². The molecule has 21 heavy (non-hydrogen) atoms. The third-order valence-corrected chi connectivity index (χ3v) is 4.74. The van der Waals surface area contributed by atoms with E-state index in [0.717, 1.165) is 24.7 Å². The Kier molecular flexibility index (Phi) is 5.25. The molecule has 1 aromatic heterocycles. The molecule has 1 N–H and O–H groups in total. The van der Waals surface area contributed by atoms with Crippen molar-refractivity contribution in [3.63, 3.8) is 0 Å². The minimum Gasteiger partial charge on any atom is -0.370 e. The van der Waals surface area contributed by atoms with Crippen LogP contribution in [0.15, 0.2) is 4.52 Å². The lowest BCUT2D eigenvalue weighted by atomic mass is 9.85. The SMILES string of the molecule is CCOC(c1noc([C@H]2CCCCN2)n1)C1CCCCC1. The molecule has 118 valence electrons. The summed E-state index contributed by atoms with van der Waals surface area (Å²) in [5, 5.41) is 7.70. The van der Waals surface area contributed by atoms with E-state index in [1.54, 1.807) is 0 Å². The van der Waals surface area contributed by atoms with Gasteiger partial charge in [0.05, 0.1) is 6.04 Å². The maximum Gasteiger partial charge on any atom is 0.243 e. The molecule has 5 heteroatoms. The highest BCUT2D eigenvalue weighted by Crippen LogP contribution is 2.36. The van der Waals surface area contributed by atoms with E-state index in [1.807, 2.05) is 6.92 Å². The highest BCUT2D eigenvalue weighted by molar-refractivity contribution is 4.99. The molecule has 1 aliphatic carbocycles. The molecular weight excluding hydrogens is 266 g/mol. The quantitative estimate of drug-likeness (QED) is 0.899. The summed E-state index contributed by atoms with van der Waals surface area (Å²) < 4.78 is 11.5. The number of hydrogen-bond donors (Lipinski definition) is 1. The van der Waals surface area contributed by atoms with Crippen LogP contribution in [0.2, 0.25) is 0 Å². The summed E-state index contributed by atoms with van der Waals surface area (Å²) in [6.45, 7) is 3.78. The molecule has 2 heterocycles. The first-order valence-electron chi connectivity index (χ1n) is 8.57. The molecule has 5 nitrogen and oxygen atoms in total. The fourth-order valence-corrected chi connectivity index (χ4v) is 3.60. The van der Waals surface area contributed by atoms with Crippen LogP contribution < -0.4 is 5.32 Å². The first-order valence-corrected chi connectivity index (χ1v) is 8.57. The molecule has 0 radical (unpaired) electrons. The molecule has 1 saturated heterocycles. The van der Waals surface area contributed by atoms with Gasteiger partial charge in [0.15, 0.2) is 0 Å². The van der Waals surface area contributed by atoms with Gasteiger partial charge in [0, 0.05) is 6.61 Å². The Morgan fingerprint density at radius 3 is 2.71 bits per heavy atom. The van der Waals surface area contributed by atoms with Crippen molar-refractivity contribution in [1.82, 2.24) is 15.5 Å². The lowest BCUT2D eigenvalue weighted by Gasteiger charge is -2.27. The second-order valence-corrected chi connectivity index (χ2v) is 6.27. The number of nitrogens with zero attached hydrogens (tertiary/aromatic N) is 2. The number of hydrogen-bond acceptors (Lipinski definition) is 5. The molecular formula is C16H27N3O2. The van der Waals surface area contributed by atoms with Crippen LogP contribution in [0, 0.1) is 5.92 Å². The van der Waals surface area contributed by atoms with Crippen molar-refractivity contribution >= 4 is 0 Å². The number of piperidine rings is 1. The Balaban J connectivity index is 1.71. The highest BCUT2D eigenvalue weighted by Gasteiger charge is 2.31. The lowest BCUT2D eigenvalue weighted by molar-refractivity contribution is -0.00145. The van der Waals surface area contributed by atoms with Gasteiger partial charge in [-0.05, 0) is 45.1 Å². The minimum atomic E-state index is 0.0105. The van der Waals surface area contributed by atoms with Gasteiger partial charge in [-0.2, -0.15) is 4.98 Å². The average Bonchev–Trinajstić information content (AvgIpc) is 3.04. The number of aromatic nitrogens is 2. The summed E-state index contributed by atoms with van der Waals surface area (Å²) in [7, 11) is 0. The summed E-state index contributed by atoms with van der Waals surface area (Å²) >= 11 is 0. The van der Waals surface area contributed by atoms with Crippen molar-refractivity contribution in [2.24, 2.45) is 5.92 Å². The summed E-state index contributed by atoms with van der Waals surface area (Å²) in [6.07, 6.45) is 9.94. The molecule has 0 spiro atoms. The van der Waals surface area contributed by atoms with Gasteiger partial charge < -0.3 is 14.6 Å². The van der Waals surface area contributed by atoms with E-state index >= 15 is 0 Å². The third kappa shape index (κ3) is 3.64. The zero-order valence-corrected chi connectivity index (χ0v) is 13.0. The molecule has 1 aliphatic heterocycles. The van der Waals surface area contributed by atoms with Crippen LogP contribution in [0.25, 0.3) is 0 Å². The van der Waals surface area contributed by atoms with Crippen molar-refractivity contribution in [2.75, 3.05) is 13.2 Å². The molecule has 0 aromatic carbocycles. The summed E-state index contributed by atoms with van der Waals surface area (Å²) in [4.78, 5) is 4.66. The van der Waals surface area contributed by atoms with Crippen molar-refractivity contribution < 1.29 is 9.26 Å². The lowest BCUT2D eigenvalue weighted by Crippen LogP contribution is -2.27. The van der Waals surface area contributed by atoms with Gasteiger partial charge in [-0.25, -0.2) is 0 Å². The van der Waals surface area contributed by atoms with Gasteiger partial charge >= 0.3 is 0 Å². The van der Waals surface area contributed by atoms with Crippen LogP contribution >= 0.6 is 0 Å². The molecule has 2 aliphatic rings. The minimum absolute atomic E-state index is 0.0105. The molecule has 3 rings (SSSR count). The maximum absolute atomic E-state index is 5.96. The van der Waals surface area contributed by atoms with E-state index in [0.29, 0.717) is 12.5 Å².